The highest BCUT2D eigenvalue weighted by Gasteiger charge is 2.23. The van der Waals surface area contributed by atoms with E-state index in [-0.39, 0.29) is 19.1 Å². The summed E-state index contributed by atoms with van der Waals surface area (Å²) in [4.78, 5) is 25.6. The molecule has 1 amide bonds. The second-order valence-electron chi connectivity index (χ2n) is 27.0. The molecule has 3 unspecified atom stereocenters. The first kappa shape index (κ1) is 82.0. The average molecular weight is 1190 g/mol. The number of likely N-dealkylation sites (N-methyl/N-ethyl adjacent to an activating group) is 1. The molecule has 0 rings (SSSR count). The third-order valence-corrected chi connectivity index (χ3v) is 18.4. The Bertz CT molecular complexity index is 1400. The average Bonchev–Trinajstić information content (AvgIpc) is 3.49. The molecule has 0 aromatic heterocycles. The van der Waals surface area contributed by atoms with Gasteiger partial charge in [-0.05, 0) is 32.1 Å². The number of allylic oxidation sites excluding steroid dienone is 3. The molecule has 0 aliphatic carbocycles. The van der Waals surface area contributed by atoms with E-state index >= 15 is 0 Å². The van der Waals surface area contributed by atoms with Gasteiger partial charge in [0.05, 0.1) is 39.9 Å². The summed E-state index contributed by atoms with van der Waals surface area (Å²) in [6, 6.07) is -0.902. The van der Waals surface area contributed by atoms with Crippen LogP contribution < -0.4 is 10.2 Å². The molecular formula is C74H147N2O6P. The number of carbonyl (C=O) groups is 1. The summed E-state index contributed by atoms with van der Waals surface area (Å²) in [5.74, 6) is -0.197. The zero-order chi connectivity index (χ0) is 60.5. The third kappa shape index (κ3) is 68.3. The predicted molar refractivity (Wildman–Crippen MR) is 362 cm³/mol. The highest BCUT2D eigenvalue weighted by atomic mass is 31.2. The zero-order valence-electron chi connectivity index (χ0n) is 56.7. The minimum atomic E-state index is -4.61. The van der Waals surface area contributed by atoms with Gasteiger partial charge < -0.3 is 28.8 Å². The second-order valence-corrected chi connectivity index (χ2v) is 28.4. The lowest BCUT2D eigenvalue weighted by Crippen LogP contribution is -2.45. The van der Waals surface area contributed by atoms with Crippen molar-refractivity contribution in [2.75, 3.05) is 40.9 Å². The molecule has 0 aliphatic rings. The summed E-state index contributed by atoms with van der Waals surface area (Å²) in [5, 5.41) is 14.0. The van der Waals surface area contributed by atoms with Gasteiger partial charge in [-0.1, -0.05) is 378 Å². The molecule has 0 fully saturated rings. The summed E-state index contributed by atoms with van der Waals surface area (Å²) in [5.41, 5.74) is 0. The fourth-order valence-corrected chi connectivity index (χ4v) is 12.4. The number of rotatable bonds is 70. The summed E-state index contributed by atoms with van der Waals surface area (Å²) in [6.45, 7) is 4.70. The molecule has 0 bridgehead atoms. The molecular weight excluding hydrogens is 1040 g/mol. The number of aliphatic hydroxyl groups is 1. The van der Waals surface area contributed by atoms with Crippen molar-refractivity contribution in [3.63, 3.8) is 0 Å². The lowest BCUT2D eigenvalue weighted by Gasteiger charge is -2.29. The Morgan fingerprint density at radius 3 is 0.976 bits per heavy atom. The van der Waals surface area contributed by atoms with Gasteiger partial charge in [0.15, 0.2) is 0 Å². The van der Waals surface area contributed by atoms with Crippen molar-refractivity contribution in [1.29, 1.82) is 0 Å². The lowest BCUT2D eigenvalue weighted by molar-refractivity contribution is -0.870. The van der Waals surface area contributed by atoms with Crippen LogP contribution in [0.3, 0.4) is 0 Å². The molecule has 9 heteroatoms. The maximum Gasteiger partial charge on any atom is 0.268 e. The Morgan fingerprint density at radius 1 is 0.410 bits per heavy atom. The fraction of sp³-hybridized carbons (Fsp3) is 0.932. The Kier molecular flexibility index (Phi) is 64.6. The second kappa shape index (κ2) is 65.4. The van der Waals surface area contributed by atoms with Crippen LogP contribution in [-0.2, 0) is 18.4 Å². The number of quaternary nitrogens is 1. The van der Waals surface area contributed by atoms with Crippen LogP contribution in [0, 0.1) is 0 Å². The number of hydrogen-bond donors (Lipinski definition) is 2. The monoisotopic (exact) mass is 1190 g/mol. The number of carbonyl (C=O) groups excluding carboxylic acids is 1. The topological polar surface area (TPSA) is 108 Å². The molecule has 0 aromatic rings. The van der Waals surface area contributed by atoms with E-state index in [9.17, 15) is 19.4 Å². The Hall–Kier alpha value is -1.02. The number of phosphoric acid groups is 1. The van der Waals surface area contributed by atoms with E-state index in [0.717, 1.165) is 38.5 Å². The van der Waals surface area contributed by atoms with E-state index < -0.39 is 20.0 Å². The van der Waals surface area contributed by atoms with Crippen molar-refractivity contribution in [2.24, 2.45) is 0 Å². The molecule has 0 aliphatic heterocycles. The van der Waals surface area contributed by atoms with Gasteiger partial charge in [-0.15, -0.1) is 0 Å². The maximum absolute atomic E-state index is 13.0. The molecule has 0 saturated heterocycles. The van der Waals surface area contributed by atoms with E-state index in [1.165, 1.54) is 334 Å². The lowest BCUT2D eigenvalue weighted by atomic mass is 10.0. The fourth-order valence-electron chi connectivity index (χ4n) is 11.6. The maximum atomic E-state index is 13.0. The number of nitrogens with one attached hydrogen (secondary N) is 1. The van der Waals surface area contributed by atoms with Gasteiger partial charge in [-0.25, -0.2) is 0 Å². The molecule has 494 valence electrons. The minimum absolute atomic E-state index is 0.00333. The van der Waals surface area contributed by atoms with Gasteiger partial charge in [0.2, 0.25) is 5.91 Å². The van der Waals surface area contributed by atoms with Gasteiger partial charge in [0.1, 0.15) is 13.2 Å². The summed E-state index contributed by atoms with van der Waals surface area (Å²) in [6.07, 6.45) is 86.2. The van der Waals surface area contributed by atoms with Crippen LogP contribution in [0.2, 0.25) is 0 Å². The van der Waals surface area contributed by atoms with Crippen LogP contribution >= 0.6 is 7.82 Å². The van der Waals surface area contributed by atoms with Gasteiger partial charge >= 0.3 is 0 Å². The van der Waals surface area contributed by atoms with E-state index in [0.29, 0.717) is 17.4 Å². The van der Waals surface area contributed by atoms with Crippen molar-refractivity contribution >= 4 is 13.7 Å². The molecule has 83 heavy (non-hydrogen) atoms. The highest BCUT2D eigenvalue weighted by Crippen LogP contribution is 2.38. The van der Waals surface area contributed by atoms with Crippen LogP contribution in [0.5, 0.6) is 0 Å². The molecule has 3 atom stereocenters. The number of nitrogens with zero attached hydrogens (tertiary/aromatic N) is 1. The quantitative estimate of drug-likeness (QED) is 0.0272. The SMILES string of the molecule is CCCCCCCCCCCCCCCCCCCCCCCCCCCC/C=C/CC/C=C/C(O)C(COP(=O)([O-])OCC[N+](C)(C)C)NC(=O)CCCCCCCCCCCCCCCCCCCCCCCCCCCCCCC. The van der Waals surface area contributed by atoms with Crippen LogP contribution in [-0.4, -0.2) is 68.5 Å². The molecule has 0 heterocycles. The minimum Gasteiger partial charge on any atom is -0.756 e. The molecule has 8 nitrogen and oxygen atoms in total. The first-order valence-electron chi connectivity index (χ1n) is 37.2. The number of unbranched alkanes of at least 4 members (excludes halogenated alkanes) is 55. The molecule has 0 spiro atoms. The third-order valence-electron chi connectivity index (χ3n) is 17.4. The summed E-state index contributed by atoms with van der Waals surface area (Å²) in [7, 11) is 1.27. The van der Waals surface area contributed by atoms with Crippen molar-refractivity contribution in [1.82, 2.24) is 5.32 Å². The van der Waals surface area contributed by atoms with E-state index in [2.05, 4.69) is 31.3 Å². The first-order chi connectivity index (χ1) is 40.5. The van der Waals surface area contributed by atoms with Gasteiger partial charge in [0, 0.05) is 6.42 Å². The van der Waals surface area contributed by atoms with E-state index in [4.69, 9.17) is 9.05 Å². The Labute approximate surface area is 519 Å². The van der Waals surface area contributed by atoms with Gasteiger partial charge in [-0.3, -0.25) is 9.36 Å². The van der Waals surface area contributed by atoms with Crippen LogP contribution in [0.15, 0.2) is 24.3 Å². The largest absolute Gasteiger partial charge is 0.756 e. The van der Waals surface area contributed by atoms with Gasteiger partial charge in [0.25, 0.3) is 7.82 Å². The van der Waals surface area contributed by atoms with Crippen LogP contribution in [0.25, 0.3) is 0 Å². The van der Waals surface area contributed by atoms with E-state index in [1.807, 2.05) is 27.2 Å². The van der Waals surface area contributed by atoms with Crippen molar-refractivity contribution in [3.05, 3.63) is 24.3 Å². The molecule has 0 radical (unpaired) electrons. The number of hydrogen-bond acceptors (Lipinski definition) is 6. The first-order valence-corrected chi connectivity index (χ1v) is 38.7. The van der Waals surface area contributed by atoms with Crippen molar-refractivity contribution < 1.29 is 32.9 Å². The molecule has 0 aromatic carbocycles. The van der Waals surface area contributed by atoms with Crippen LogP contribution in [0.4, 0.5) is 0 Å². The van der Waals surface area contributed by atoms with Crippen molar-refractivity contribution in [3.8, 4) is 0 Å². The highest BCUT2D eigenvalue weighted by molar-refractivity contribution is 7.45. The summed E-state index contributed by atoms with van der Waals surface area (Å²) < 4.78 is 23.5. The Morgan fingerprint density at radius 2 is 0.675 bits per heavy atom. The normalized spacial score (nSPS) is 13.7. The zero-order valence-corrected chi connectivity index (χ0v) is 57.6. The number of phosphoric ester groups is 1. The van der Waals surface area contributed by atoms with E-state index in [1.54, 1.807) is 6.08 Å². The number of aliphatic hydroxyl groups excluding tert-OH is 1. The van der Waals surface area contributed by atoms with Crippen molar-refractivity contribution in [2.45, 2.75) is 405 Å². The standard InChI is InChI=1S/C74H147N2O6P/c1-6-8-10-12-14-16-18-20-22-24-26-28-30-32-34-36-37-38-40-41-43-45-47-49-51-53-55-57-59-61-63-65-67-73(77)72(71-82-83(79,80)81-70-69-76(3,4)5)75-74(78)68-66-64-62-60-58-56-54-52-50-48-46-44-42-39-35-33-31-29-27-25-23-21-19-17-15-13-11-9-7-2/h57,59,65,67,72-73,77H,6-56,58,60-64,66,68-71H2,1-5H3,(H-,75,78,79,80)/b59-57+,67-65+. The summed E-state index contributed by atoms with van der Waals surface area (Å²) >= 11 is 0. The predicted octanol–water partition coefficient (Wildman–Crippen LogP) is 23.2. The van der Waals surface area contributed by atoms with Gasteiger partial charge in [-0.2, -0.15) is 0 Å². The smallest absolute Gasteiger partial charge is 0.268 e. The number of amides is 1. The molecule has 0 saturated carbocycles. The molecule has 2 N–H and O–H groups in total. The van der Waals surface area contributed by atoms with Crippen LogP contribution in [0.1, 0.15) is 393 Å². The Balaban J connectivity index is 4.03.